The lowest BCUT2D eigenvalue weighted by Gasteiger charge is -2.32. The number of rotatable bonds is 2. The first-order valence-corrected chi connectivity index (χ1v) is 6.74. The van der Waals surface area contributed by atoms with Crippen molar-refractivity contribution in [1.29, 1.82) is 5.26 Å². The van der Waals surface area contributed by atoms with E-state index < -0.39 is 24.3 Å². The molecule has 6 heteroatoms. The monoisotopic (exact) mass is 287 g/mol. The number of esters is 1. The summed E-state index contributed by atoms with van der Waals surface area (Å²) in [7, 11) is -0.548. The van der Waals surface area contributed by atoms with Crippen LogP contribution in [-0.2, 0) is 14.1 Å². The topological polar surface area (TPSA) is 68.6 Å². The van der Waals surface area contributed by atoms with Gasteiger partial charge in [-0.05, 0) is 45.3 Å². The van der Waals surface area contributed by atoms with Crippen LogP contribution in [0.15, 0.2) is 18.2 Å². The predicted molar refractivity (Wildman–Crippen MR) is 78.2 cm³/mol. The van der Waals surface area contributed by atoms with Crippen molar-refractivity contribution in [3.63, 3.8) is 0 Å². The molecule has 0 saturated carbocycles. The highest BCUT2D eigenvalue weighted by atomic mass is 16.7. The summed E-state index contributed by atoms with van der Waals surface area (Å²) in [6.07, 6.45) is 0. The second-order valence-corrected chi connectivity index (χ2v) is 6.05. The highest BCUT2D eigenvalue weighted by Gasteiger charge is 2.51. The average molecular weight is 287 g/mol. The van der Waals surface area contributed by atoms with E-state index in [1.807, 2.05) is 33.8 Å². The first-order valence-electron chi connectivity index (χ1n) is 6.74. The Morgan fingerprint density at radius 2 is 1.81 bits per heavy atom. The van der Waals surface area contributed by atoms with Crippen molar-refractivity contribution in [2.75, 3.05) is 0 Å². The first-order chi connectivity index (χ1) is 9.66. The molecule has 0 bridgehead atoms. The summed E-state index contributed by atoms with van der Waals surface area (Å²) in [6.45, 7) is 9.15. The van der Waals surface area contributed by atoms with Gasteiger partial charge in [0.15, 0.2) is 0 Å². The number of benzene rings is 1. The number of ether oxygens (including phenoxy) is 1. The Bertz CT molecular complexity index is 603. The molecule has 1 aliphatic rings. The Morgan fingerprint density at radius 3 is 2.29 bits per heavy atom. The lowest BCUT2D eigenvalue weighted by Crippen LogP contribution is -2.41. The highest BCUT2D eigenvalue weighted by Crippen LogP contribution is 2.36. The maximum Gasteiger partial charge on any atom is 0.494 e. The number of carbonyl (C=O) groups is 1. The standard InChI is InChI=1S/C15H18BNO4/c1-10(18)19-13-7-6-12(8-11(13)9-17)16-20-14(2,3)15(4,5)21-16/h6-8H,1-5H3. The van der Waals surface area contributed by atoms with Crippen molar-refractivity contribution in [3.8, 4) is 11.8 Å². The third-order valence-electron chi connectivity index (χ3n) is 3.90. The van der Waals surface area contributed by atoms with Gasteiger partial charge in [0.25, 0.3) is 0 Å². The van der Waals surface area contributed by atoms with Crippen LogP contribution >= 0.6 is 0 Å². The zero-order chi connectivity index (χ0) is 15.8. The van der Waals surface area contributed by atoms with Crippen LogP contribution in [0.2, 0.25) is 0 Å². The summed E-state index contributed by atoms with van der Waals surface area (Å²) in [5.41, 5.74) is 0.108. The minimum absolute atomic E-state index is 0.241. The summed E-state index contributed by atoms with van der Waals surface area (Å²) in [5.74, 6) is -0.222. The lowest BCUT2D eigenvalue weighted by molar-refractivity contribution is -0.131. The van der Waals surface area contributed by atoms with Crippen molar-refractivity contribution >= 4 is 18.6 Å². The molecule has 0 amide bonds. The molecule has 110 valence electrons. The van der Waals surface area contributed by atoms with Gasteiger partial charge in [0.2, 0.25) is 0 Å². The molecule has 2 rings (SSSR count). The van der Waals surface area contributed by atoms with E-state index in [2.05, 4.69) is 0 Å². The number of carbonyl (C=O) groups excluding carboxylic acids is 1. The van der Waals surface area contributed by atoms with Crippen LogP contribution in [0.3, 0.4) is 0 Å². The zero-order valence-corrected chi connectivity index (χ0v) is 12.9. The van der Waals surface area contributed by atoms with Crippen LogP contribution in [0, 0.1) is 11.3 Å². The van der Waals surface area contributed by atoms with Crippen LogP contribution in [-0.4, -0.2) is 24.3 Å². The van der Waals surface area contributed by atoms with Gasteiger partial charge in [-0.1, -0.05) is 6.07 Å². The van der Waals surface area contributed by atoms with Crippen LogP contribution in [0.25, 0.3) is 0 Å². The van der Waals surface area contributed by atoms with Gasteiger partial charge in [-0.2, -0.15) is 5.26 Å². The SMILES string of the molecule is CC(=O)Oc1ccc(B2OC(C)(C)C(C)(C)O2)cc1C#N. The Hall–Kier alpha value is -1.84. The molecule has 1 aliphatic heterocycles. The molecule has 1 aromatic rings. The molecule has 0 atom stereocenters. The van der Waals surface area contributed by atoms with E-state index in [0.717, 1.165) is 5.46 Å². The highest BCUT2D eigenvalue weighted by molar-refractivity contribution is 6.62. The molecule has 0 spiro atoms. The Kier molecular flexibility index (Phi) is 3.83. The van der Waals surface area contributed by atoms with E-state index in [9.17, 15) is 10.1 Å². The molecule has 0 radical (unpaired) electrons. The molecule has 1 aromatic carbocycles. The van der Waals surface area contributed by atoms with E-state index >= 15 is 0 Å². The summed E-state index contributed by atoms with van der Waals surface area (Å²) in [4.78, 5) is 11.0. The average Bonchev–Trinajstić information content (AvgIpc) is 2.58. The fourth-order valence-electron chi connectivity index (χ4n) is 2.00. The molecule has 1 fully saturated rings. The molecular weight excluding hydrogens is 269 g/mol. The lowest BCUT2D eigenvalue weighted by atomic mass is 9.78. The van der Waals surface area contributed by atoms with E-state index in [-0.39, 0.29) is 11.3 Å². The third kappa shape index (κ3) is 2.94. The number of hydrogen-bond donors (Lipinski definition) is 0. The summed E-state index contributed by atoms with van der Waals surface area (Å²) in [6, 6.07) is 6.96. The van der Waals surface area contributed by atoms with Crippen molar-refractivity contribution in [2.24, 2.45) is 0 Å². The second kappa shape index (κ2) is 5.17. The molecular formula is C15H18BNO4. The van der Waals surface area contributed by atoms with Crippen LogP contribution in [0.4, 0.5) is 0 Å². The molecule has 1 saturated heterocycles. The van der Waals surface area contributed by atoms with Gasteiger partial charge in [0, 0.05) is 6.92 Å². The molecule has 21 heavy (non-hydrogen) atoms. The van der Waals surface area contributed by atoms with Crippen LogP contribution in [0.5, 0.6) is 5.75 Å². The third-order valence-corrected chi connectivity index (χ3v) is 3.90. The minimum Gasteiger partial charge on any atom is -0.425 e. The first kappa shape index (κ1) is 15.6. The molecule has 0 unspecified atom stereocenters. The normalized spacial score (nSPS) is 19.1. The Morgan fingerprint density at radius 1 is 1.24 bits per heavy atom. The van der Waals surface area contributed by atoms with Gasteiger partial charge in [-0.25, -0.2) is 0 Å². The molecule has 0 N–H and O–H groups in total. The maximum atomic E-state index is 11.0. The van der Waals surface area contributed by atoms with Crippen molar-refractivity contribution in [2.45, 2.75) is 45.8 Å². The number of hydrogen-bond acceptors (Lipinski definition) is 5. The zero-order valence-electron chi connectivity index (χ0n) is 12.9. The van der Waals surface area contributed by atoms with Crippen molar-refractivity contribution in [3.05, 3.63) is 23.8 Å². The van der Waals surface area contributed by atoms with Crippen LogP contribution in [0.1, 0.15) is 40.2 Å². The summed E-state index contributed by atoms with van der Waals surface area (Å²) < 4.78 is 16.9. The number of nitrogens with zero attached hydrogens (tertiary/aromatic N) is 1. The van der Waals surface area contributed by atoms with Gasteiger partial charge in [0.1, 0.15) is 11.8 Å². The fraction of sp³-hybridized carbons (Fsp3) is 0.467. The van der Waals surface area contributed by atoms with Crippen molar-refractivity contribution in [1.82, 2.24) is 0 Å². The summed E-state index contributed by atoms with van der Waals surface area (Å²) in [5, 5.41) is 9.18. The Labute approximate surface area is 124 Å². The van der Waals surface area contributed by atoms with Gasteiger partial charge in [-0.3, -0.25) is 4.79 Å². The summed E-state index contributed by atoms with van der Waals surface area (Å²) >= 11 is 0. The van der Waals surface area contributed by atoms with E-state index in [0.29, 0.717) is 0 Å². The molecule has 0 aliphatic carbocycles. The van der Waals surface area contributed by atoms with Gasteiger partial charge in [-0.15, -0.1) is 0 Å². The van der Waals surface area contributed by atoms with E-state index in [4.69, 9.17) is 14.0 Å². The number of nitriles is 1. The molecule has 0 aromatic heterocycles. The van der Waals surface area contributed by atoms with Crippen molar-refractivity contribution < 1.29 is 18.8 Å². The molecule has 1 heterocycles. The smallest absolute Gasteiger partial charge is 0.425 e. The maximum absolute atomic E-state index is 11.0. The van der Waals surface area contributed by atoms with Crippen LogP contribution < -0.4 is 10.2 Å². The van der Waals surface area contributed by atoms with Gasteiger partial charge >= 0.3 is 13.1 Å². The largest absolute Gasteiger partial charge is 0.494 e. The van der Waals surface area contributed by atoms with Gasteiger partial charge < -0.3 is 14.0 Å². The van der Waals surface area contributed by atoms with E-state index in [1.165, 1.54) is 6.92 Å². The Balaban J connectivity index is 2.31. The second-order valence-electron chi connectivity index (χ2n) is 6.05. The molecule has 5 nitrogen and oxygen atoms in total. The predicted octanol–water partition coefficient (Wildman–Crippen LogP) is 1.78. The quantitative estimate of drug-likeness (QED) is 0.471. The fourth-order valence-corrected chi connectivity index (χ4v) is 2.00. The minimum atomic E-state index is -0.548. The van der Waals surface area contributed by atoms with E-state index in [1.54, 1.807) is 18.2 Å². The van der Waals surface area contributed by atoms with Gasteiger partial charge in [0.05, 0.1) is 16.8 Å².